The molecule has 1 aromatic rings. The third-order valence-electron chi connectivity index (χ3n) is 3.28. The number of amides is 1. The predicted molar refractivity (Wildman–Crippen MR) is 75.2 cm³/mol. The summed E-state index contributed by atoms with van der Waals surface area (Å²) in [5.74, 6) is 0.0115. The minimum Gasteiger partial charge on any atom is -0.368 e. The first-order valence-corrected chi connectivity index (χ1v) is 6.42. The Balaban J connectivity index is 2.07. The zero-order valence-electron chi connectivity index (χ0n) is 10.5. The van der Waals surface area contributed by atoms with E-state index in [1.165, 1.54) is 11.6 Å². The lowest BCUT2D eigenvalue weighted by Gasteiger charge is -2.36. The van der Waals surface area contributed by atoms with Gasteiger partial charge in [-0.2, -0.15) is 0 Å². The van der Waals surface area contributed by atoms with E-state index in [4.69, 9.17) is 11.6 Å². The highest BCUT2D eigenvalue weighted by molar-refractivity contribution is 6.30. The van der Waals surface area contributed by atoms with E-state index < -0.39 is 0 Å². The maximum absolute atomic E-state index is 11.5. The average molecular weight is 265 g/mol. The molecule has 1 heterocycles. The summed E-state index contributed by atoms with van der Waals surface area (Å²) >= 11 is 6.03. The van der Waals surface area contributed by atoms with Crippen LogP contribution in [-0.2, 0) is 4.79 Å². The van der Waals surface area contributed by atoms with Crippen LogP contribution in [-0.4, -0.2) is 37.0 Å². The number of nitrogens with zero attached hydrogens (tertiary/aromatic N) is 2. The van der Waals surface area contributed by atoms with Crippen molar-refractivity contribution in [2.45, 2.75) is 6.92 Å². The van der Waals surface area contributed by atoms with E-state index in [1.54, 1.807) is 0 Å². The SMILES string of the molecule is C=CC(=O)N1CCN(c2cc(Cl)ccc2C)CC1. The van der Waals surface area contributed by atoms with Crippen molar-refractivity contribution in [1.82, 2.24) is 4.90 Å². The number of anilines is 1. The highest BCUT2D eigenvalue weighted by Crippen LogP contribution is 2.25. The summed E-state index contributed by atoms with van der Waals surface area (Å²) in [6.07, 6.45) is 1.38. The number of carbonyl (C=O) groups is 1. The standard InChI is InChI=1S/C14H17ClN2O/c1-3-14(18)17-8-6-16(7-9-17)13-10-12(15)5-4-11(13)2/h3-5,10H,1,6-9H2,2H3. The molecule has 0 atom stereocenters. The lowest BCUT2D eigenvalue weighted by molar-refractivity contribution is -0.126. The predicted octanol–water partition coefficient (Wildman–Crippen LogP) is 2.48. The van der Waals surface area contributed by atoms with Gasteiger partial charge in [0, 0.05) is 36.9 Å². The van der Waals surface area contributed by atoms with Gasteiger partial charge >= 0.3 is 0 Å². The smallest absolute Gasteiger partial charge is 0.246 e. The number of halogens is 1. The van der Waals surface area contributed by atoms with Crippen molar-refractivity contribution in [2.75, 3.05) is 31.1 Å². The van der Waals surface area contributed by atoms with E-state index in [-0.39, 0.29) is 5.91 Å². The van der Waals surface area contributed by atoms with Crippen LogP contribution in [0.5, 0.6) is 0 Å². The molecule has 0 N–H and O–H groups in total. The Kier molecular flexibility index (Phi) is 3.92. The first-order valence-electron chi connectivity index (χ1n) is 6.04. The first-order chi connectivity index (χ1) is 8.61. The zero-order valence-corrected chi connectivity index (χ0v) is 11.3. The molecule has 0 aliphatic carbocycles. The molecule has 4 heteroatoms. The maximum atomic E-state index is 11.5. The topological polar surface area (TPSA) is 23.6 Å². The van der Waals surface area contributed by atoms with E-state index in [1.807, 2.05) is 23.1 Å². The van der Waals surface area contributed by atoms with Crippen LogP contribution in [0.2, 0.25) is 5.02 Å². The minimum absolute atomic E-state index is 0.0115. The summed E-state index contributed by atoms with van der Waals surface area (Å²) in [7, 11) is 0. The fourth-order valence-corrected chi connectivity index (χ4v) is 2.39. The van der Waals surface area contributed by atoms with E-state index in [0.29, 0.717) is 0 Å². The van der Waals surface area contributed by atoms with Gasteiger partial charge in [-0.1, -0.05) is 24.2 Å². The fourth-order valence-electron chi connectivity index (χ4n) is 2.22. The van der Waals surface area contributed by atoms with Gasteiger partial charge in [0.2, 0.25) is 5.91 Å². The largest absolute Gasteiger partial charge is 0.368 e. The number of piperazine rings is 1. The molecule has 1 aliphatic rings. The lowest BCUT2D eigenvalue weighted by atomic mass is 10.1. The molecule has 18 heavy (non-hydrogen) atoms. The second-order valence-corrected chi connectivity index (χ2v) is 4.88. The van der Waals surface area contributed by atoms with Crippen LogP contribution in [0, 0.1) is 6.92 Å². The zero-order chi connectivity index (χ0) is 13.1. The molecule has 0 saturated carbocycles. The minimum atomic E-state index is 0.0115. The summed E-state index contributed by atoms with van der Waals surface area (Å²) in [5.41, 5.74) is 2.37. The molecule has 96 valence electrons. The van der Waals surface area contributed by atoms with Crippen molar-refractivity contribution in [1.29, 1.82) is 0 Å². The van der Waals surface area contributed by atoms with Gasteiger partial charge in [-0.15, -0.1) is 0 Å². The Morgan fingerprint density at radius 3 is 2.61 bits per heavy atom. The van der Waals surface area contributed by atoms with Crippen LogP contribution < -0.4 is 4.90 Å². The fraction of sp³-hybridized carbons (Fsp3) is 0.357. The Bertz CT molecular complexity index is 465. The van der Waals surface area contributed by atoms with Gasteiger partial charge in [-0.05, 0) is 30.7 Å². The summed E-state index contributed by atoms with van der Waals surface area (Å²) in [6, 6.07) is 5.92. The number of hydrogen-bond acceptors (Lipinski definition) is 2. The van der Waals surface area contributed by atoms with Crippen LogP contribution in [0.3, 0.4) is 0 Å². The van der Waals surface area contributed by atoms with Crippen LogP contribution >= 0.6 is 11.6 Å². The second-order valence-electron chi connectivity index (χ2n) is 4.45. The molecular formula is C14H17ClN2O. The molecule has 0 aromatic heterocycles. The van der Waals surface area contributed by atoms with Gasteiger partial charge < -0.3 is 9.80 Å². The molecule has 1 saturated heterocycles. The first kappa shape index (κ1) is 13.0. The average Bonchev–Trinajstić information content (AvgIpc) is 2.41. The molecular weight excluding hydrogens is 248 g/mol. The molecule has 1 fully saturated rings. The summed E-state index contributed by atoms with van der Waals surface area (Å²) < 4.78 is 0. The van der Waals surface area contributed by atoms with Crippen LogP contribution in [0.15, 0.2) is 30.9 Å². The van der Waals surface area contributed by atoms with Gasteiger partial charge in [0.15, 0.2) is 0 Å². The van der Waals surface area contributed by atoms with Crippen molar-refractivity contribution < 1.29 is 4.79 Å². The highest BCUT2D eigenvalue weighted by Gasteiger charge is 2.20. The summed E-state index contributed by atoms with van der Waals surface area (Å²) in [5, 5.41) is 0.750. The van der Waals surface area contributed by atoms with Crippen LogP contribution in [0.1, 0.15) is 5.56 Å². The van der Waals surface area contributed by atoms with E-state index in [2.05, 4.69) is 18.4 Å². The summed E-state index contributed by atoms with van der Waals surface area (Å²) in [6.45, 7) is 8.73. The Labute approximate surface area is 113 Å². The van der Waals surface area contributed by atoms with Gasteiger partial charge in [-0.3, -0.25) is 4.79 Å². The number of rotatable bonds is 2. The molecule has 0 spiro atoms. The molecule has 3 nitrogen and oxygen atoms in total. The molecule has 1 aromatic carbocycles. The van der Waals surface area contributed by atoms with Crippen molar-refractivity contribution in [3.63, 3.8) is 0 Å². The number of hydrogen-bond donors (Lipinski definition) is 0. The second kappa shape index (κ2) is 5.44. The van der Waals surface area contributed by atoms with Gasteiger partial charge in [0.05, 0.1) is 0 Å². The number of benzene rings is 1. The normalized spacial score (nSPS) is 15.7. The van der Waals surface area contributed by atoms with Crippen LogP contribution in [0.25, 0.3) is 0 Å². The maximum Gasteiger partial charge on any atom is 0.246 e. The quantitative estimate of drug-likeness (QED) is 0.767. The van der Waals surface area contributed by atoms with Crippen molar-refractivity contribution in [3.05, 3.63) is 41.4 Å². The molecule has 1 amide bonds. The molecule has 0 radical (unpaired) electrons. The molecule has 1 aliphatic heterocycles. The summed E-state index contributed by atoms with van der Waals surface area (Å²) in [4.78, 5) is 15.6. The lowest BCUT2D eigenvalue weighted by Crippen LogP contribution is -2.48. The highest BCUT2D eigenvalue weighted by atomic mass is 35.5. The van der Waals surface area contributed by atoms with Gasteiger partial charge in [-0.25, -0.2) is 0 Å². The van der Waals surface area contributed by atoms with E-state index >= 15 is 0 Å². The Hall–Kier alpha value is -1.48. The molecule has 2 rings (SSSR count). The van der Waals surface area contributed by atoms with Crippen molar-refractivity contribution in [2.24, 2.45) is 0 Å². The van der Waals surface area contributed by atoms with Crippen molar-refractivity contribution in [3.8, 4) is 0 Å². The third kappa shape index (κ3) is 2.67. The van der Waals surface area contributed by atoms with Crippen molar-refractivity contribution >= 4 is 23.2 Å². The number of carbonyl (C=O) groups excluding carboxylic acids is 1. The van der Waals surface area contributed by atoms with Crippen LogP contribution in [0.4, 0.5) is 5.69 Å². The Morgan fingerprint density at radius 1 is 1.33 bits per heavy atom. The van der Waals surface area contributed by atoms with Gasteiger partial charge in [0.25, 0.3) is 0 Å². The van der Waals surface area contributed by atoms with E-state index in [0.717, 1.165) is 36.9 Å². The van der Waals surface area contributed by atoms with E-state index in [9.17, 15) is 4.79 Å². The molecule has 0 bridgehead atoms. The third-order valence-corrected chi connectivity index (χ3v) is 3.51. The monoisotopic (exact) mass is 264 g/mol. The van der Waals surface area contributed by atoms with Gasteiger partial charge in [0.1, 0.15) is 0 Å². The molecule has 0 unspecified atom stereocenters. The Morgan fingerprint density at radius 2 is 2.00 bits per heavy atom. The number of aryl methyl sites for hydroxylation is 1.